The highest BCUT2D eigenvalue weighted by Gasteiger charge is 2.20. The summed E-state index contributed by atoms with van der Waals surface area (Å²) in [5.41, 5.74) is 0. The Labute approximate surface area is 105 Å². The molecule has 0 aromatic rings. The summed E-state index contributed by atoms with van der Waals surface area (Å²) in [6.07, 6.45) is 11.9. The molecule has 2 atom stereocenters. The predicted octanol–water partition coefficient (Wildman–Crippen LogP) is 3.83. The monoisotopic (exact) mass is 236 g/mol. The molecule has 1 heterocycles. The molecule has 1 fully saturated rings. The van der Waals surface area contributed by atoms with Gasteiger partial charge in [-0.05, 0) is 31.8 Å². The van der Waals surface area contributed by atoms with Crippen molar-refractivity contribution in [3.63, 3.8) is 0 Å². The van der Waals surface area contributed by atoms with E-state index in [1.165, 1.54) is 32.1 Å². The van der Waals surface area contributed by atoms with E-state index >= 15 is 0 Å². The first-order valence-corrected chi connectivity index (χ1v) is 6.89. The van der Waals surface area contributed by atoms with Gasteiger partial charge in [0.05, 0.1) is 24.6 Å². The predicted molar refractivity (Wildman–Crippen MR) is 69.8 cm³/mol. The Morgan fingerprint density at radius 1 is 1.41 bits per heavy atom. The SMILES string of the molecule is C=C[C@@H]1C=C(OCC2CCCCC2)C[C@@H](C)O1. The van der Waals surface area contributed by atoms with E-state index in [4.69, 9.17) is 9.47 Å². The number of rotatable bonds is 4. The van der Waals surface area contributed by atoms with Crippen LogP contribution in [-0.2, 0) is 9.47 Å². The van der Waals surface area contributed by atoms with Crippen molar-refractivity contribution < 1.29 is 9.47 Å². The Hall–Kier alpha value is -0.760. The van der Waals surface area contributed by atoms with E-state index < -0.39 is 0 Å². The van der Waals surface area contributed by atoms with Gasteiger partial charge >= 0.3 is 0 Å². The second-order valence-corrected chi connectivity index (χ2v) is 5.30. The third-order valence-electron chi connectivity index (χ3n) is 3.69. The van der Waals surface area contributed by atoms with Gasteiger partial charge in [0, 0.05) is 6.42 Å². The largest absolute Gasteiger partial charge is 0.498 e. The topological polar surface area (TPSA) is 18.5 Å². The van der Waals surface area contributed by atoms with Crippen molar-refractivity contribution >= 4 is 0 Å². The Balaban J connectivity index is 1.80. The standard InChI is InChI=1S/C15H24O2/c1-3-14-10-15(9-12(2)17-14)16-11-13-7-5-4-6-8-13/h3,10,12-14H,1,4-9,11H2,2H3/t12-,14-/m1/s1. The van der Waals surface area contributed by atoms with Crippen molar-refractivity contribution in [2.75, 3.05) is 6.61 Å². The van der Waals surface area contributed by atoms with Crippen LogP contribution in [0.25, 0.3) is 0 Å². The third kappa shape index (κ3) is 3.88. The first-order chi connectivity index (χ1) is 8.28. The quantitative estimate of drug-likeness (QED) is 0.691. The Morgan fingerprint density at radius 3 is 2.88 bits per heavy atom. The summed E-state index contributed by atoms with van der Waals surface area (Å²) in [6.45, 7) is 6.76. The minimum absolute atomic E-state index is 0.0279. The Morgan fingerprint density at radius 2 is 2.18 bits per heavy atom. The average molecular weight is 236 g/mol. The van der Waals surface area contributed by atoms with Crippen molar-refractivity contribution in [1.29, 1.82) is 0 Å². The van der Waals surface area contributed by atoms with Gasteiger partial charge in [0.15, 0.2) is 0 Å². The summed E-state index contributed by atoms with van der Waals surface area (Å²) in [7, 11) is 0. The zero-order valence-electron chi connectivity index (χ0n) is 10.9. The molecule has 0 aromatic carbocycles. The molecule has 0 spiro atoms. The lowest BCUT2D eigenvalue weighted by Crippen LogP contribution is -2.24. The van der Waals surface area contributed by atoms with Gasteiger partial charge < -0.3 is 9.47 Å². The number of ether oxygens (including phenoxy) is 2. The second kappa shape index (κ2) is 6.25. The highest BCUT2D eigenvalue weighted by Crippen LogP contribution is 2.26. The fraction of sp³-hybridized carbons (Fsp3) is 0.733. The summed E-state index contributed by atoms with van der Waals surface area (Å²) >= 11 is 0. The van der Waals surface area contributed by atoms with Crippen LogP contribution >= 0.6 is 0 Å². The first-order valence-electron chi connectivity index (χ1n) is 6.89. The molecule has 0 amide bonds. The van der Waals surface area contributed by atoms with E-state index in [2.05, 4.69) is 19.6 Å². The molecule has 2 rings (SSSR count). The van der Waals surface area contributed by atoms with Gasteiger partial charge in [0.2, 0.25) is 0 Å². The molecule has 17 heavy (non-hydrogen) atoms. The molecule has 96 valence electrons. The molecule has 0 unspecified atom stereocenters. The van der Waals surface area contributed by atoms with Gasteiger partial charge in [-0.1, -0.05) is 25.3 Å². The zero-order valence-corrected chi connectivity index (χ0v) is 10.9. The minimum atomic E-state index is 0.0279. The maximum atomic E-state index is 5.96. The summed E-state index contributed by atoms with van der Waals surface area (Å²) in [4.78, 5) is 0. The summed E-state index contributed by atoms with van der Waals surface area (Å²) in [5.74, 6) is 1.87. The Kier molecular flexibility index (Phi) is 4.66. The van der Waals surface area contributed by atoms with Crippen molar-refractivity contribution in [2.45, 2.75) is 57.7 Å². The number of hydrogen-bond acceptors (Lipinski definition) is 2. The molecule has 1 saturated carbocycles. The summed E-state index contributed by atoms with van der Waals surface area (Å²) in [5, 5.41) is 0. The van der Waals surface area contributed by atoms with Gasteiger partial charge in [-0.25, -0.2) is 0 Å². The normalized spacial score (nSPS) is 30.8. The first kappa shape index (κ1) is 12.7. The van der Waals surface area contributed by atoms with Crippen molar-refractivity contribution in [1.82, 2.24) is 0 Å². The molecule has 1 aliphatic carbocycles. The highest BCUT2D eigenvalue weighted by atomic mass is 16.5. The maximum absolute atomic E-state index is 5.96. The lowest BCUT2D eigenvalue weighted by atomic mass is 9.90. The molecule has 0 aromatic heterocycles. The van der Waals surface area contributed by atoms with Gasteiger partial charge in [-0.15, -0.1) is 6.58 Å². The Bertz CT molecular complexity index is 277. The molecular formula is C15H24O2. The van der Waals surface area contributed by atoms with Crippen molar-refractivity contribution in [2.24, 2.45) is 5.92 Å². The lowest BCUT2D eigenvalue weighted by Gasteiger charge is -2.27. The van der Waals surface area contributed by atoms with Crippen LogP contribution in [0.2, 0.25) is 0 Å². The van der Waals surface area contributed by atoms with Gasteiger partial charge in [-0.2, -0.15) is 0 Å². The van der Waals surface area contributed by atoms with Gasteiger partial charge in [0.1, 0.15) is 0 Å². The van der Waals surface area contributed by atoms with Gasteiger partial charge in [-0.3, -0.25) is 0 Å². The summed E-state index contributed by atoms with van der Waals surface area (Å²) < 4.78 is 11.6. The fourth-order valence-corrected chi connectivity index (χ4v) is 2.70. The molecule has 2 aliphatic rings. The number of hydrogen-bond donors (Lipinski definition) is 0. The van der Waals surface area contributed by atoms with Crippen LogP contribution in [0.15, 0.2) is 24.5 Å². The zero-order chi connectivity index (χ0) is 12.1. The highest BCUT2D eigenvalue weighted by molar-refractivity contribution is 5.09. The molecule has 2 nitrogen and oxygen atoms in total. The molecule has 0 radical (unpaired) electrons. The van der Waals surface area contributed by atoms with Crippen LogP contribution in [0.1, 0.15) is 45.4 Å². The average Bonchev–Trinajstić information content (AvgIpc) is 2.37. The molecule has 0 bridgehead atoms. The van der Waals surface area contributed by atoms with E-state index in [0.29, 0.717) is 0 Å². The molecule has 0 N–H and O–H groups in total. The second-order valence-electron chi connectivity index (χ2n) is 5.30. The van der Waals surface area contributed by atoms with E-state index in [0.717, 1.165) is 24.7 Å². The van der Waals surface area contributed by atoms with Gasteiger partial charge in [0.25, 0.3) is 0 Å². The van der Waals surface area contributed by atoms with Crippen LogP contribution in [-0.4, -0.2) is 18.8 Å². The third-order valence-corrected chi connectivity index (χ3v) is 3.69. The fourth-order valence-electron chi connectivity index (χ4n) is 2.70. The summed E-state index contributed by atoms with van der Waals surface area (Å²) in [6, 6.07) is 0. The minimum Gasteiger partial charge on any atom is -0.498 e. The molecular weight excluding hydrogens is 212 g/mol. The van der Waals surface area contributed by atoms with E-state index in [9.17, 15) is 0 Å². The maximum Gasteiger partial charge on any atom is 0.0974 e. The smallest absolute Gasteiger partial charge is 0.0974 e. The van der Waals surface area contributed by atoms with Crippen LogP contribution in [0.5, 0.6) is 0 Å². The molecule has 1 aliphatic heterocycles. The van der Waals surface area contributed by atoms with Crippen molar-refractivity contribution in [3.8, 4) is 0 Å². The molecule has 2 heteroatoms. The van der Waals surface area contributed by atoms with E-state index in [-0.39, 0.29) is 12.2 Å². The van der Waals surface area contributed by atoms with Crippen molar-refractivity contribution in [3.05, 3.63) is 24.5 Å². The molecule has 0 saturated heterocycles. The van der Waals surface area contributed by atoms with Crippen LogP contribution in [0.4, 0.5) is 0 Å². The van der Waals surface area contributed by atoms with Crippen LogP contribution < -0.4 is 0 Å². The lowest BCUT2D eigenvalue weighted by molar-refractivity contribution is 0.0132. The van der Waals surface area contributed by atoms with Crippen LogP contribution in [0, 0.1) is 5.92 Å². The van der Waals surface area contributed by atoms with E-state index in [1.54, 1.807) is 0 Å². The van der Waals surface area contributed by atoms with Crippen LogP contribution in [0.3, 0.4) is 0 Å². The van der Waals surface area contributed by atoms with E-state index in [1.807, 2.05) is 6.08 Å².